The van der Waals surface area contributed by atoms with Crippen LogP contribution in [0.2, 0.25) is 0 Å². The third-order valence-corrected chi connectivity index (χ3v) is 3.26. The summed E-state index contributed by atoms with van der Waals surface area (Å²) in [4.78, 5) is 16.6. The highest BCUT2D eigenvalue weighted by Crippen LogP contribution is 2.08. The predicted molar refractivity (Wildman–Crippen MR) is 94.0 cm³/mol. The fourth-order valence-electron chi connectivity index (χ4n) is 2.18. The van der Waals surface area contributed by atoms with Gasteiger partial charge in [0.1, 0.15) is 5.69 Å². The number of nitriles is 1. The Morgan fingerprint density at radius 3 is 2.84 bits per heavy atom. The molecule has 8 heteroatoms. The molecule has 0 aliphatic carbocycles. The van der Waals surface area contributed by atoms with Gasteiger partial charge in [0.25, 0.3) is 5.91 Å². The molecule has 25 heavy (non-hydrogen) atoms. The summed E-state index contributed by atoms with van der Waals surface area (Å²) in [6.45, 7) is 2.05. The average Bonchev–Trinajstić information content (AvgIpc) is 2.58. The van der Waals surface area contributed by atoms with Gasteiger partial charge >= 0.3 is 0 Å². The molecule has 2 rings (SSSR count). The third-order valence-electron chi connectivity index (χ3n) is 3.26. The van der Waals surface area contributed by atoms with Crippen LogP contribution in [-0.2, 0) is 6.54 Å². The molecule has 1 aromatic heterocycles. The van der Waals surface area contributed by atoms with E-state index in [1.807, 2.05) is 6.07 Å². The van der Waals surface area contributed by atoms with Crippen LogP contribution in [-0.4, -0.2) is 28.9 Å². The lowest BCUT2D eigenvalue weighted by atomic mass is 10.1. The summed E-state index contributed by atoms with van der Waals surface area (Å²) >= 11 is 0. The minimum atomic E-state index is -0.346. The van der Waals surface area contributed by atoms with Crippen molar-refractivity contribution in [3.05, 3.63) is 64.5 Å². The number of nitrogens with zero attached hydrogens (tertiary/aromatic N) is 4. The first-order valence-electron chi connectivity index (χ1n) is 7.48. The Kier molecular flexibility index (Phi) is 5.66. The van der Waals surface area contributed by atoms with Crippen LogP contribution in [0.25, 0.3) is 0 Å². The summed E-state index contributed by atoms with van der Waals surface area (Å²) in [6, 6.07) is 12.4. The largest absolute Gasteiger partial charge is 0.382 e. The van der Waals surface area contributed by atoms with Crippen LogP contribution >= 0.6 is 0 Å². The van der Waals surface area contributed by atoms with Crippen molar-refractivity contribution in [3.8, 4) is 6.07 Å². The molecular weight excluding hydrogens is 318 g/mol. The van der Waals surface area contributed by atoms with Crippen molar-refractivity contribution in [1.82, 2.24) is 15.4 Å². The molecule has 1 amide bonds. The average molecular weight is 337 g/mol. The maximum absolute atomic E-state index is 12.4. The van der Waals surface area contributed by atoms with Crippen LogP contribution in [0.4, 0.5) is 0 Å². The number of aryl methyl sites for hydroxylation is 1. The molecule has 2 aromatic rings. The van der Waals surface area contributed by atoms with Crippen molar-refractivity contribution >= 4 is 11.7 Å². The fraction of sp³-hybridized carbons (Fsp3) is 0.176. The number of carbonyl (C=O) groups excluding carboxylic acids is 1. The van der Waals surface area contributed by atoms with E-state index in [1.165, 1.54) is 0 Å². The Labute approximate surface area is 145 Å². The molecule has 0 spiro atoms. The topological polar surface area (TPSA) is 133 Å². The minimum absolute atomic E-state index is 0.186. The quantitative estimate of drug-likeness (QED) is 0.317. The highest BCUT2D eigenvalue weighted by Gasteiger charge is 2.11. The number of nitrogens with two attached hydrogens (primary N) is 2. The molecule has 0 unspecified atom stereocenters. The second kappa shape index (κ2) is 7.90. The number of hydrogen-bond donors (Lipinski definition) is 3. The standard InChI is InChI=1S/C17H19N7O/c1-11-6-14(16(19)23-24(2)20)8-15(22-11)17(25)21-10-13-5-3-4-12(7-13)9-18/h3-8H,10,20H2,1-2H3,(H2,19,23)(H,21,25). The molecule has 5 N–H and O–H groups in total. The molecule has 128 valence electrons. The van der Waals surface area contributed by atoms with Gasteiger partial charge in [-0.25, -0.2) is 15.9 Å². The van der Waals surface area contributed by atoms with Crippen molar-refractivity contribution < 1.29 is 4.79 Å². The van der Waals surface area contributed by atoms with Crippen LogP contribution in [0, 0.1) is 18.3 Å². The number of hydrazine groups is 1. The van der Waals surface area contributed by atoms with Gasteiger partial charge in [0.2, 0.25) is 0 Å². The van der Waals surface area contributed by atoms with Crippen LogP contribution < -0.4 is 16.9 Å². The highest BCUT2D eigenvalue weighted by molar-refractivity contribution is 6.00. The molecule has 0 atom stereocenters. The lowest BCUT2D eigenvalue weighted by Crippen LogP contribution is -2.27. The van der Waals surface area contributed by atoms with Crippen LogP contribution in [0.15, 0.2) is 41.5 Å². The number of amidine groups is 1. The normalized spacial score (nSPS) is 10.9. The van der Waals surface area contributed by atoms with E-state index < -0.39 is 0 Å². The Morgan fingerprint density at radius 1 is 1.40 bits per heavy atom. The molecule has 0 saturated heterocycles. The van der Waals surface area contributed by atoms with Crippen molar-refractivity contribution in [1.29, 1.82) is 5.26 Å². The highest BCUT2D eigenvalue weighted by atomic mass is 16.1. The monoisotopic (exact) mass is 337 g/mol. The molecule has 0 bridgehead atoms. The molecule has 8 nitrogen and oxygen atoms in total. The lowest BCUT2D eigenvalue weighted by molar-refractivity contribution is 0.0945. The molecule has 0 aliphatic heterocycles. The van der Waals surface area contributed by atoms with E-state index in [-0.39, 0.29) is 24.0 Å². The number of aromatic nitrogens is 1. The first kappa shape index (κ1) is 17.9. The van der Waals surface area contributed by atoms with Gasteiger partial charge in [-0.2, -0.15) is 5.26 Å². The summed E-state index contributed by atoms with van der Waals surface area (Å²) in [5.74, 6) is 5.29. The number of hydrogen-bond acceptors (Lipinski definition) is 6. The van der Waals surface area contributed by atoms with E-state index in [4.69, 9.17) is 16.8 Å². The van der Waals surface area contributed by atoms with Crippen LogP contribution in [0.3, 0.4) is 0 Å². The Bertz CT molecular complexity index is 852. The van der Waals surface area contributed by atoms with E-state index >= 15 is 0 Å². The maximum atomic E-state index is 12.4. The Balaban J connectivity index is 2.16. The number of nitrogens with one attached hydrogen (secondary N) is 1. The van der Waals surface area contributed by atoms with Crippen molar-refractivity contribution in [2.24, 2.45) is 16.7 Å². The summed E-state index contributed by atoms with van der Waals surface area (Å²) in [6.07, 6.45) is 0. The zero-order valence-corrected chi connectivity index (χ0v) is 14.0. The zero-order chi connectivity index (χ0) is 18.4. The zero-order valence-electron chi connectivity index (χ0n) is 14.0. The van der Waals surface area contributed by atoms with E-state index in [9.17, 15) is 4.79 Å². The van der Waals surface area contributed by atoms with Crippen molar-refractivity contribution in [2.75, 3.05) is 7.05 Å². The van der Waals surface area contributed by atoms with Gasteiger partial charge < -0.3 is 11.1 Å². The third kappa shape index (κ3) is 5.02. The van der Waals surface area contributed by atoms with Gasteiger partial charge in [0, 0.05) is 24.8 Å². The van der Waals surface area contributed by atoms with Gasteiger partial charge in [0.05, 0.1) is 11.6 Å². The van der Waals surface area contributed by atoms with E-state index in [1.54, 1.807) is 44.3 Å². The summed E-state index contributed by atoms with van der Waals surface area (Å²) in [5.41, 5.74) is 8.65. The molecule has 1 aromatic carbocycles. The molecule has 0 radical (unpaired) electrons. The summed E-state index contributed by atoms with van der Waals surface area (Å²) in [5, 5.41) is 16.7. The molecule has 0 aliphatic rings. The second-order valence-electron chi connectivity index (χ2n) is 5.44. The smallest absolute Gasteiger partial charge is 0.270 e. The van der Waals surface area contributed by atoms with Gasteiger partial charge in [-0.05, 0) is 36.8 Å². The van der Waals surface area contributed by atoms with Crippen LogP contribution in [0.5, 0.6) is 0 Å². The molecule has 0 saturated carbocycles. The van der Waals surface area contributed by atoms with Gasteiger partial charge in [0.15, 0.2) is 5.84 Å². The Hall–Kier alpha value is -3.44. The summed E-state index contributed by atoms with van der Waals surface area (Å²) in [7, 11) is 1.55. The number of hydrazone groups is 1. The fourth-order valence-corrected chi connectivity index (χ4v) is 2.18. The maximum Gasteiger partial charge on any atom is 0.270 e. The first-order valence-corrected chi connectivity index (χ1v) is 7.48. The second-order valence-corrected chi connectivity index (χ2v) is 5.44. The lowest BCUT2D eigenvalue weighted by Gasteiger charge is -2.10. The number of pyridine rings is 1. The van der Waals surface area contributed by atoms with Gasteiger partial charge in [-0.15, -0.1) is 5.10 Å². The number of carbonyl (C=O) groups is 1. The number of amides is 1. The molecule has 0 fully saturated rings. The number of rotatable bonds is 5. The predicted octanol–water partition coefficient (Wildman–Crippen LogP) is 0.618. The SMILES string of the molecule is Cc1cc(/C(N)=N/N(C)N)cc(C(=O)NCc2cccc(C#N)c2)n1. The van der Waals surface area contributed by atoms with E-state index in [0.29, 0.717) is 16.8 Å². The van der Waals surface area contributed by atoms with E-state index in [2.05, 4.69) is 21.5 Å². The van der Waals surface area contributed by atoms with E-state index in [0.717, 1.165) is 10.7 Å². The van der Waals surface area contributed by atoms with Gasteiger partial charge in [-0.1, -0.05) is 12.1 Å². The Morgan fingerprint density at radius 2 is 2.16 bits per heavy atom. The number of benzene rings is 1. The molecular formula is C17H19N7O. The minimum Gasteiger partial charge on any atom is -0.382 e. The molecule has 1 heterocycles. The van der Waals surface area contributed by atoms with Crippen molar-refractivity contribution in [2.45, 2.75) is 13.5 Å². The first-order chi connectivity index (χ1) is 11.9. The summed E-state index contributed by atoms with van der Waals surface area (Å²) < 4.78 is 0. The van der Waals surface area contributed by atoms with Crippen molar-refractivity contribution in [3.63, 3.8) is 0 Å². The van der Waals surface area contributed by atoms with Crippen LogP contribution in [0.1, 0.15) is 32.9 Å². The van der Waals surface area contributed by atoms with Gasteiger partial charge in [-0.3, -0.25) is 4.79 Å².